The molecule has 4 heteroatoms. The van der Waals surface area contributed by atoms with Gasteiger partial charge in [-0.2, -0.15) is 0 Å². The van der Waals surface area contributed by atoms with Gasteiger partial charge in [0.2, 0.25) is 0 Å². The summed E-state index contributed by atoms with van der Waals surface area (Å²) in [6.07, 6.45) is -1.13. The van der Waals surface area contributed by atoms with Crippen LogP contribution in [0.25, 0.3) is 0 Å². The first kappa shape index (κ1) is 17.1. The van der Waals surface area contributed by atoms with Gasteiger partial charge < -0.3 is 19.3 Å². The van der Waals surface area contributed by atoms with E-state index in [-0.39, 0.29) is 12.2 Å². The van der Waals surface area contributed by atoms with Crippen molar-refractivity contribution in [3.05, 3.63) is 71.8 Å². The molecule has 2 aromatic rings. The standard InChI is InChI=1S/C20H24O4/c1-2-17-18(22-13-15-9-5-3-6-10-15)19(20(21)24-17)23-14-16-11-7-4-8-12-16/h3-12,17-21H,2,13-14H2,1H3/t17-,18+,19?,20-/m1/s1. The zero-order valence-electron chi connectivity index (χ0n) is 13.9. The molecule has 1 heterocycles. The minimum atomic E-state index is -0.959. The van der Waals surface area contributed by atoms with Gasteiger partial charge in [-0.3, -0.25) is 0 Å². The average molecular weight is 328 g/mol. The van der Waals surface area contributed by atoms with E-state index < -0.39 is 12.4 Å². The van der Waals surface area contributed by atoms with Gasteiger partial charge in [0.25, 0.3) is 0 Å². The Morgan fingerprint density at radius 3 is 1.83 bits per heavy atom. The lowest BCUT2D eigenvalue weighted by Gasteiger charge is -2.23. The minimum absolute atomic E-state index is 0.163. The number of hydrogen-bond donors (Lipinski definition) is 1. The SMILES string of the molecule is CC[C@H]1O[C@@H](O)C(OCc2ccccc2)[C@H]1OCc1ccccc1. The van der Waals surface area contributed by atoms with Crippen molar-refractivity contribution in [3.8, 4) is 0 Å². The molecule has 1 fully saturated rings. The van der Waals surface area contributed by atoms with Gasteiger partial charge in [-0.05, 0) is 17.5 Å². The molecule has 0 aromatic heterocycles. The topological polar surface area (TPSA) is 47.9 Å². The summed E-state index contributed by atoms with van der Waals surface area (Å²) in [6, 6.07) is 19.9. The van der Waals surface area contributed by atoms with Crippen LogP contribution >= 0.6 is 0 Å². The van der Waals surface area contributed by atoms with E-state index in [0.717, 1.165) is 17.5 Å². The third-order valence-electron chi connectivity index (χ3n) is 4.26. The molecule has 3 rings (SSSR count). The summed E-state index contributed by atoms with van der Waals surface area (Å²) in [5, 5.41) is 10.2. The molecule has 2 aromatic carbocycles. The highest BCUT2D eigenvalue weighted by Crippen LogP contribution is 2.28. The molecule has 0 aliphatic carbocycles. The van der Waals surface area contributed by atoms with Gasteiger partial charge in [0.1, 0.15) is 12.2 Å². The Balaban J connectivity index is 1.63. The van der Waals surface area contributed by atoms with E-state index in [1.807, 2.05) is 67.6 Å². The fourth-order valence-electron chi connectivity index (χ4n) is 2.95. The second kappa shape index (κ2) is 8.40. The summed E-state index contributed by atoms with van der Waals surface area (Å²) in [7, 11) is 0. The van der Waals surface area contributed by atoms with Crippen LogP contribution in [0.3, 0.4) is 0 Å². The molecule has 1 aliphatic heterocycles. The molecule has 0 radical (unpaired) electrons. The van der Waals surface area contributed by atoms with Crippen molar-refractivity contribution in [3.63, 3.8) is 0 Å². The van der Waals surface area contributed by atoms with Crippen LogP contribution < -0.4 is 0 Å². The molecule has 0 saturated carbocycles. The normalized spacial score (nSPS) is 26.6. The van der Waals surface area contributed by atoms with E-state index in [0.29, 0.717) is 13.2 Å². The molecule has 128 valence electrons. The van der Waals surface area contributed by atoms with Gasteiger partial charge in [-0.1, -0.05) is 67.6 Å². The summed E-state index contributed by atoms with van der Waals surface area (Å²) in [5.74, 6) is 0. The van der Waals surface area contributed by atoms with Crippen LogP contribution in [0.2, 0.25) is 0 Å². The Labute approximate surface area is 143 Å². The largest absolute Gasteiger partial charge is 0.368 e. The van der Waals surface area contributed by atoms with E-state index >= 15 is 0 Å². The Bertz CT molecular complexity index is 602. The van der Waals surface area contributed by atoms with E-state index in [2.05, 4.69) is 0 Å². The second-order valence-electron chi connectivity index (χ2n) is 6.00. The van der Waals surface area contributed by atoms with Crippen LogP contribution in [0.4, 0.5) is 0 Å². The van der Waals surface area contributed by atoms with Crippen molar-refractivity contribution in [2.45, 2.75) is 51.2 Å². The molecular formula is C20H24O4. The summed E-state index contributed by atoms with van der Waals surface area (Å²) in [6.45, 7) is 2.92. The molecule has 0 bridgehead atoms. The maximum atomic E-state index is 10.2. The second-order valence-corrected chi connectivity index (χ2v) is 6.00. The number of aliphatic hydroxyl groups excluding tert-OH is 1. The van der Waals surface area contributed by atoms with Gasteiger partial charge in [0.15, 0.2) is 6.29 Å². The zero-order valence-corrected chi connectivity index (χ0v) is 13.9. The van der Waals surface area contributed by atoms with Crippen LogP contribution in [-0.4, -0.2) is 29.7 Å². The van der Waals surface area contributed by atoms with Crippen molar-refractivity contribution in [1.29, 1.82) is 0 Å². The Hall–Kier alpha value is -1.72. The fraction of sp³-hybridized carbons (Fsp3) is 0.400. The highest BCUT2D eigenvalue weighted by atomic mass is 16.7. The quantitative estimate of drug-likeness (QED) is 0.847. The highest BCUT2D eigenvalue weighted by Gasteiger charge is 2.44. The third-order valence-corrected chi connectivity index (χ3v) is 4.26. The number of rotatable bonds is 7. The molecule has 4 nitrogen and oxygen atoms in total. The molecule has 1 saturated heterocycles. The number of aliphatic hydroxyl groups is 1. The summed E-state index contributed by atoms with van der Waals surface area (Å²) < 4.78 is 17.6. The smallest absolute Gasteiger partial charge is 0.184 e. The maximum absolute atomic E-state index is 10.2. The highest BCUT2D eigenvalue weighted by molar-refractivity contribution is 5.14. The first-order valence-corrected chi connectivity index (χ1v) is 8.42. The Morgan fingerprint density at radius 1 is 0.833 bits per heavy atom. The van der Waals surface area contributed by atoms with E-state index in [9.17, 15) is 5.11 Å². The van der Waals surface area contributed by atoms with Crippen molar-refractivity contribution in [2.24, 2.45) is 0 Å². The molecule has 4 atom stereocenters. The molecule has 0 amide bonds. The first-order valence-electron chi connectivity index (χ1n) is 8.42. The van der Waals surface area contributed by atoms with Crippen LogP contribution in [0.5, 0.6) is 0 Å². The zero-order chi connectivity index (χ0) is 16.8. The van der Waals surface area contributed by atoms with Crippen LogP contribution in [-0.2, 0) is 27.4 Å². The molecule has 0 spiro atoms. The monoisotopic (exact) mass is 328 g/mol. The van der Waals surface area contributed by atoms with Crippen molar-refractivity contribution in [2.75, 3.05) is 0 Å². The van der Waals surface area contributed by atoms with Gasteiger partial charge in [0, 0.05) is 0 Å². The molecule has 1 unspecified atom stereocenters. The predicted molar refractivity (Wildman–Crippen MR) is 91.2 cm³/mol. The number of benzene rings is 2. The Morgan fingerprint density at radius 2 is 1.33 bits per heavy atom. The molecule has 1 aliphatic rings. The lowest BCUT2D eigenvalue weighted by molar-refractivity contribution is -0.149. The lowest BCUT2D eigenvalue weighted by atomic mass is 10.1. The van der Waals surface area contributed by atoms with Crippen LogP contribution in [0.1, 0.15) is 24.5 Å². The summed E-state index contributed by atoms with van der Waals surface area (Å²) in [4.78, 5) is 0. The van der Waals surface area contributed by atoms with Crippen LogP contribution in [0, 0.1) is 0 Å². The van der Waals surface area contributed by atoms with E-state index in [1.54, 1.807) is 0 Å². The molecule has 24 heavy (non-hydrogen) atoms. The number of hydrogen-bond acceptors (Lipinski definition) is 4. The molecular weight excluding hydrogens is 304 g/mol. The van der Waals surface area contributed by atoms with Gasteiger partial charge in [-0.25, -0.2) is 0 Å². The predicted octanol–water partition coefficient (Wildman–Crippen LogP) is 3.28. The third kappa shape index (κ3) is 4.22. The minimum Gasteiger partial charge on any atom is -0.368 e. The van der Waals surface area contributed by atoms with Crippen molar-refractivity contribution >= 4 is 0 Å². The van der Waals surface area contributed by atoms with Gasteiger partial charge >= 0.3 is 0 Å². The van der Waals surface area contributed by atoms with Crippen molar-refractivity contribution < 1.29 is 19.3 Å². The van der Waals surface area contributed by atoms with E-state index in [4.69, 9.17) is 14.2 Å². The fourth-order valence-corrected chi connectivity index (χ4v) is 2.95. The lowest BCUT2D eigenvalue weighted by Crippen LogP contribution is -2.37. The summed E-state index contributed by atoms with van der Waals surface area (Å²) >= 11 is 0. The maximum Gasteiger partial charge on any atom is 0.184 e. The Kier molecular flexibility index (Phi) is 5.99. The van der Waals surface area contributed by atoms with Crippen LogP contribution in [0.15, 0.2) is 60.7 Å². The van der Waals surface area contributed by atoms with Crippen molar-refractivity contribution in [1.82, 2.24) is 0 Å². The number of ether oxygens (including phenoxy) is 3. The van der Waals surface area contributed by atoms with E-state index in [1.165, 1.54) is 0 Å². The van der Waals surface area contributed by atoms with Gasteiger partial charge in [0.05, 0.1) is 19.3 Å². The van der Waals surface area contributed by atoms with Gasteiger partial charge in [-0.15, -0.1) is 0 Å². The first-order chi connectivity index (χ1) is 11.8. The molecule has 1 N–H and O–H groups in total. The summed E-state index contributed by atoms with van der Waals surface area (Å²) in [5.41, 5.74) is 2.15. The average Bonchev–Trinajstić information content (AvgIpc) is 2.94.